The fraction of sp³-hybridized carbons (Fsp3) is 0.435. The van der Waals surface area contributed by atoms with Crippen LogP contribution in [0.4, 0.5) is 5.69 Å². The number of esters is 1. The van der Waals surface area contributed by atoms with E-state index >= 15 is 0 Å². The van der Waals surface area contributed by atoms with Gasteiger partial charge < -0.3 is 10.1 Å². The summed E-state index contributed by atoms with van der Waals surface area (Å²) < 4.78 is 5.30. The average Bonchev–Trinajstić information content (AvgIpc) is 2.67. The Morgan fingerprint density at radius 3 is 2.44 bits per heavy atom. The molecule has 0 radical (unpaired) electrons. The highest BCUT2D eigenvalue weighted by Crippen LogP contribution is 2.30. The predicted molar refractivity (Wildman–Crippen MR) is 115 cm³/mol. The van der Waals surface area contributed by atoms with Crippen molar-refractivity contribution in [3.05, 3.63) is 48.5 Å². The van der Waals surface area contributed by atoms with E-state index in [0.717, 1.165) is 17.9 Å². The molecule has 0 bridgehead atoms. The van der Waals surface area contributed by atoms with Crippen LogP contribution in [-0.2, 0) is 4.79 Å². The van der Waals surface area contributed by atoms with Gasteiger partial charge in [-0.3, -0.25) is 4.79 Å². The minimum absolute atomic E-state index is 0.175. The number of hydrogen-bond donors (Lipinski definition) is 1. The van der Waals surface area contributed by atoms with Crippen LogP contribution in [0.1, 0.15) is 58.8 Å². The van der Waals surface area contributed by atoms with Gasteiger partial charge in [0.15, 0.2) is 0 Å². The summed E-state index contributed by atoms with van der Waals surface area (Å²) in [6.07, 6.45) is 7.72. The molecule has 146 valence electrons. The van der Waals surface area contributed by atoms with E-state index in [1.54, 1.807) is 11.8 Å². The van der Waals surface area contributed by atoms with Crippen molar-refractivity contribution in [2.45, 2.75) is 68.6 Å². The number of benzene rings is 2. The third-order valence-electron chi connectivity index (χ3n) is 4.19. The van der Waals surface area contributed by atoms with Gasteiger partial charge in [-0.15, -0.1) is 0 Å². The summed E-state index contributed by atoms with van der Waals surface area (Å²) in [5.41, 5.74) is 1.17. The first-order valence-corrected chi connectivity index (χ1v) is 10.9. The number of rotatable bonds is 12. The number of carbonyl (C=O) groups is 1. The van der Waals surface area contributed by atoms with Gasteiger partial charge in [0.1, 0.15) is 5.75 Å². The van der Waals surface area contributed by atoms with Gasteiger partial charge in [0.25, 0.3) is 0 Å². The van der Waals surface area contributed by atoms with Crippen molar-refractivity contribution < 1.29 is 9.53 Å². The summed E-state index contributed by atoms with van der Waals surface area (Å²) in [5, 5.41) is 3.52. The second kappa shape index (κ2) is 12.4. The van der Waals surface area contributed by atoms with Crippen molar-refractivity contribution in [2.24, 2.45) is 0 Å². The zero-order valence-corrected chi connectivity index (χ0v) is 17.3. The van der Waals surface area contributed by atoms with Gasteiger partial charge >= 0.3 is 5.97 Å². The molecular formula is C23H31NO2S. The monoisotopic (exact) mass is 385 g/mol. The number of ether oxygens (including phenoxy) is 1. The van der Waals surface area contributed by atoms with Gasteiger partial charge in [0.2, 0.25) is 0 Å². The molecule has 0 fully saturated rings. The van der Waals surface area contributed by atoms with Crippen LogP contribution in [0.2, 0.25) is 0 Å². The Morgan fingerprint density at radius 2 is 1.70 bits per heavy atom. The van der Waals surface area contributed by atoms with Crippen LogP contribution in [0.15, 0.2) is 58.3 Å². The Labute approximate surface area is 167 Å². The normalized spacial score (nSPS) is 10.6. The average molecular weight is 386 g/mol. The lowest BCUT2D eigenvalue weighted by molar-refractivity contribution is -0.134. The fourth-order valence-electron chi connectivity index (χ4n) is 2.73. The van der Waals surface area contributed by atoms with Crippen molar-refractivity contribution in [2.75, 3.05) is 11.9 Å². The van der Waals surface area contributed by atoms with Crippen LogP contribution in [0.3, 0.4) is 0 Å². The molecule has 2 rings (SSSR count). The van der Waals surface area contributed by atoms with E-state index < -0.39 is 0 Å². The molecule has 2 aromatic carbocycles. The maximum Gasteiger partial charge on any atom is 0.311 e. The molecule has 2 aromatic rings. The van der Waals surface area contributed by atoms with Crippen LogP contribution >= 0.6 is 11.8 Å². The Bertz CT molecular complexity index is 685. The van der Waals surface area contributed by atoms with E-state index in [0.29, 0.717) is 12.2 Å². The highest BCUT2D eigenvalue weighted by atomic mass is 32.2. The first-order chi connectivity index (χ1) is 13.2. The lowest BCUT2D eigenvalue weighted by atomic mass is 10.1. The van der Waals surface area contributed by atoms with Gasteiger partial charge in [0.05, 0.1) is 0 Å². The Kier molecular flexibility index (Phi) is 9.85. The second-order valence-electron chi connectivity index (χ2n) is 6.67. The fourth-order valence-corrected chi connectivity index (χ4v) is 3.61. The number of anilines is 1. The van der Waals surface area contributed by atoms with Crippen LogP contribution in [-0.4, -0.2) is 12.5 Å². The molecule has 27 heavy (non-hydrogen) atoms. The molecule has 1 N–H and O–H groups in total. The molecule has 0 unspecified atom stereocenters. The zero-order valence-electron chi connectivity index (χ0n) is 16.5. The van der Waals surface area contributed by atoms with E-state index in [1.165, 1.54) is 42.7 Å². The van der Waals surface area contributed by atoms with E-state index in [9.17, 15) is 4.79 Å². The third-order valence-corrected chi connectivity index (χ3v) is 5.19. The smallest absolute Gasteiger partial charge is 0.311 e. The third kappa shape index (κ3) is 8.53. The molecule has 0 atom stereocenters. The summed E-state index contributed by atoms with van der Waals surface area (Å²) in [5.74, 6) is 0.433. The van der Waals surface area contributed by atoms with Crippen LogP contribution in [0.5, 0.6) is 5.75 Å². The zero-order chi connectivity index (χ0) is 19.3. The minimum Gasteiger partial charge on any atom is -0.427 e. The van der Waals surface area contributed by atoms with E-state index in [1.807, 2.05) is 31.2 Å². The van der Waals surface area contributed by atoms with Crippen molar-refractivity contribution >= 4 is 23.4 Å². The Balaban J connectivity index is 1.82. The molecular weight excluding hydrogens is 354 g/mol. The van der Waals surface area contributed by atoms with Crippen molar-refractivity contribution in [3.63, 3.8) is 0 Å². The number of unbranched alkanes of at least 4 members (excludes halogenated alkanes) is 4. The van der Waals surface area contributed by atoms with Gasteiger partial charge in [-0.25, -0.2) is 0 Å². The SMILES string of the molecule is CCCCCCCNc1cccc(Sc2ccc(OC(=O)CCC)cc2)c1. The molecule has 0 saturated carbocycles. The van der Waals surface area contributed by atoms with Gasteiger partial charge in [-0.1, -0.05) is 57.4 Å². The highest BCUT2D eigenvalue weighted by Gasteiger charge is 2.04. The molecule has 3 nitrogen and oxygen atoms in total. The Hall–Kier alpha value is -1.94. The first-order valence-electron chi connectivity index (χ1n) is 10.0. The molecule has 4 heteroatoms. The van der Waals surface area contributed by atoms with E-state index in [-0.39, 0.29) is 5.97 Å². The van der Waals surface area contributed by atoms with Crippen LogP contribution < -0.4 is 10.1 Å². The molecule has 0 heterocycles. The molecule has 0 amide bonds. The molecule has 0 spiro atoms. The number of hydrogen-bond acceptors (Lipinski definition) is 4. The van der Waals surface area contributed by atoms with Crippen molar-refractivity contribution in [3.8, 4) is 5.75 Å². The van der Waals surface area contributed by atoms with Gasteiger partial charge in [-0.05, 0) is 55.3 Å². The summed E-state index contributed by atoms with van der Waals surface area (Å²) in [6, 6.07) is 16.2. The van der Waals surface area contributed by atoms with Gasteiger partial charge in [0, 0.05) is 28.4 Å². The maximum absolute atomic E-state index is 11.6. The lowest BCUT2D eigenvalue weighted by Crippen LogP contribution is -2.06. The second-order valence-corrected chi connectivity index (χ2v) is 7.81. The topological polar surface area (TPSA) is 38.3 Å². The predicted octanol–water partition coefficient (Wildman–Crippen LogP) is 6.93. The van der Waals surface area contributed by atoms with Gasteiger partial charge in [-0.2, -0.15) is 0 Å². The molecule has 0 aliphatic carbocycles. The molecule has 0 aliphatic heterocycles. The summed E-state index contributed by atoms with van der Waals surface area (Å²) in [7, 11) is 0. The quantitative estimate of drug-likeness (QED) is 0.244. The lowest BCUT2D eigenvalue weighted by Gasteiger charge is -2.09. The first kappa shape index (κ1) is 21.4. The molecule has 0 aliphatic rings. The van der Waals surface area contributed by atoms with E-state index in [4.69, 9.17) is 4.74 Å². The minimum atomic E-state index is -0.175. The summed E-state index contributed by atoms with van der Waals surface area (Å²) in [6.45, 7) is 5.24. The largest absolute Gasteiger partial charge is 0.427 e. The number of carbonyl (C=O) groups excluding carboxylic acids is 1. The van der Waals surface area contributed by atoms with Crippen molar-refractivity contribution in [1.82, 2.24) is 0 Å². The van der Waals surface area contributed by atoms with Crippen molar-refractivity contribution in [1.29, 1.82) is 0 Å². The highest BCUT2D eigenvalue weighted by molar-refractivity contribution is 7.99. The van der Waals surface area contributed by atoms with E-state index in [2.05, 4.69) is 36.5 Å². The number of nitrogens with one attached hydrogen (secondary N) is 1. The summed E-state index contributed by atoms with van der Waals surface area (Å²) >= 11 is 1.71. The summed E-state index contributed by atoms with van der Waals surface area (Å²) in [4.78, 5) is 13.9. The molecule has 0 saturated heterocycles. The van der Waals surface area contributed by atoms with Crippen LogP contribution in [0.25, 0.3) is 0 Å². The maximum atomic E-state index is 11.6. The molecule has 0 aromatic heterocycles. The Morgan fingerprint density at radius 1 is 0.926 bits per heavy atom. The standard InChI is InChI=1S/C23H31NO2S/c1-3-5-6-7-8-17-24-19-11-9-12-22(18-19)27-21-15-13-20(14-16-21)26-23(25)10-4-2/h9,11-16,18,24H,3-8,10,17H2,1-2H3. The van der Waals surface area contributed by atoms with Crippen LogP contribution in [0, 0.1) is 0 Å².